The molecule has 0 aromatic heterocycles. The quantitative estimate of drug-likeness (QED) is 0.700. The SMILES string of the molecule is CCC(CCN)CCC(=O)NCC1CCCCC1. The summed E-state index contributed by atoms with van der Waals surface area (Å²) in [4.78, 5) is 11.8. The van der Waals surface area contributed by atoms with Gasteiger partial charge in [0.15, 0.2) is 0 Å². The van der Waals surface area contributed by atoms with Crippen molar-refractivity contribution in [3.63, 3.8) is 0 Å². The van der Waals surface area contributed by atoms with Crippen LogP contribution in [0.3, 0.4) is 0 Å². The van der Waals surface area contributed by atoms with Gasteiger partial charge in [-0.3, -0.25) is 4.79 Å². The number of hydrogen-bond donors (Lipinski definition) is 2. The van der Waals surface area contributed by atoms with E-state index in [1.54, 1.807) is 0 Å². The van der Waals surface area contributed by atoms with E-state index in [1.807, 2.05) is 0 Å². The van der Waals surface area contributed by atoms with Crippen molar-refractivity contribution >= 4 is 5.91 Å². The number of carbonyl (C=O) groups is 1. The zero-order valence-corrected chi connectivity index (χ0v) is 11.9. The molecule has 1 fully saturated rings. The molecule has 0 aliphatic heterocycles. The maximum absolute atomic E-state index is 11.8. The average Bonchev–Trinajstić information content (AvgIpc) is 2.42. The number of amides is 1. The van der Waals surface area contributed by atoms with Gasteiger partial charge >= 0.3 is 0 Å². The highest BCUT2D eigenvalue weighted by Crippen LogP contribution is 2.22. The van der Waals surface area contributed by atoms with E-state index in [1.165, 1.54) is 32.1 Å². The Bertz CT molecular complexity index is 214. The van der Waals surface area contributed by atoms with Crippen LogP contribution in [0.4, 0.5) is 0 Å². The first-order valence-electron chi connectivity index (χ1n) is 7.73. The van der Waals surface area contributed by atoms with Gasteiger partial charge in [-0.2, -0.15) is 0 Å². The molecule has 0 aromatic carbocycles. The van der Waals surface area contributed by atoms with Crippen LogP contribution in [0, 0.1) is 11.8 Å². The first-order valence-corrected chi connectivity index (χ1v) is 7.73. The maximum Gasteiger partial charge on any atom is 0.220 e. The van der Waals surface area contributed by atoms with Crippen molar-refractivity contribution in [2.45, 2.75) is 64.7 Å². The molecule has 1 atom stereocenters. The fraction of sp³-hybridized carbons (Fsp3) is 0.933. The largest absolute Gasteiger partial charge is 0.356 e. The highest BCUT2D eigenvalue weighted by Gasteiger charge is 2.14. The van der Waals surface area contributed by atoms with Crippen molar-refractivity contribution in [2.75, 3.05) is 13.1 Å². The molecule has 0 aromatic rings. The van der Waals surface area contributed by atoms with E-state index >= 15 is 0 Å². The second-order valence-corrected chi connectivity index (χ2v) is 5.70. The number of nitrogens with two attached hydrogens (primary N) is 1. The molecule has 0 heterocycles. The molecule has 1 rings (SSSR count). The van der Waals surface area contributed by atoms with Gasteiger partial charge in [-0.25, -0.2) is 0 Å². The van der Waals surface area contributed by atoms with E-state index in [9.17, 15) is 4.79 Å². The molecule has 1 aliphatic carbocycles. The minimum atomic E-state index is 0.232. The first kappa shape index (κ1) is 15.5. The normalized spacial score (nSPS) is 18.6. The Morgan fingerprint density at radius 3 is 2.61 bits per heavy atom. The van der Waals surface area contributed by atoms with Crippen LogP contribution in [0.2, 0.25) is 0 Å². The predicted octanol–water partition coefficient (Wildman–Crippen LogP) is 2.84. The fourth-order valence-electron chi connectivity index (χ4n) is 2.86. The summed E-state index contributed by atoms with van der Waals surface area (Å²) in [5, 5.41) is 3.10. The van der Waals surface area contributed by atoms with Crippen LogP contribution in [0.15, 0.2) is 0 Å². The summed E-state index contributed by atoms with van der Waals surface area (Å²) in [6, 6.07) is 0. The number of rotatable bonds is 8. The van der Waals surface area contributed by atoms with Crippen LogP contribution in [0.1, 0.15) is 64.7 Å². The standard InChI is InChI=1S/C15H30N2O/c1-2-13(10-11-16)8-9-15(18)17-12-14-6-4-3-5-7-14/h13-14H,2-12,16H2,1H3,(H,17,18). The van der Waals surface area contributed by atoms with Gasteiger partial charge < -0.3 is 11.1 Å². The van der Waals surface area contributed by atoms with E-state index in [2.05, 4.69) is 12.2 Å². The van der Waals surface area contributed by atoms with Crippen molar-refractivity contribution in [1.29, 1.82) is 0 Å². The van der Waals surface area contributed by atoms with Crippen molar-refractivity contribution in [2.24, 2.45) is 17.6 Å². The van der Waals surface area contributed by atoms with Crippen LogP contribution < -0.4 is 11.1 Å². The van der Waals surface area contributed by atoms with E-state index in [-0.39, 0.29) is 5.91 Å². The number of hydrogen-bond acceptors (Lipinski definition) is 2. The van der Waals surface area contributed by atoms with E-state index in [4.69, 9.17) is 5.73 Å². The fourth-order valence-corrected chi connectivity index (χ4v) is 2.86. The van der Waals surface area contributed by atoms with Crippen molar-refractivity contribution in [1.82, 2.24) is 5.32 Å². The summed E-state index contributed by atoms with van der Waals surface area (Å²) >= 11 is 0. The van der Waals surface area contributed by atoms with Crippen LogP contribution in [-0.2, 0) is 4.79 Å². The Labute approximate surface area is 112 Å². The van der Waals surface area contributed by atoms with Crippen LogP contribution >= 0.6 is 0 Å². The van der Waals surface area contributed by atoms with Gasteiger partial charge in [0.2, 0.25) is 5.91 Å². The van der Waals surface area contributed by atoms with Gasteiger partial charge in [-0.15, -0.1) is 0 Å². The number of carbonyl (C=O) groups excluding carboxylic acids is 1. The molecule has 1 aliphatic rings. The van der Waals surface area contributed by atoms with Gasteiger partial charge in [0, 0.05) is 13.0 Å². The predicted molar refractivity (Wildman–Crippen MR) is 76.3 cm³/mol. The summed E-state index contributed by atoms with van der Waals surface area (Å²) < 4.78 is 0. The molecule has 3 N–H and O–H groups in total. The molecule has 106 valence electrons. The third-order valence-electron chi connectivity index (χ3n) is 4.24. The second-order valence-electron chi connectivity index (χ2n) is 5.70. The topological polar surface area (TPSA) is 55.1 Å². The van der Waals surface area contributed by atoms with Gasteiger partial charge in [0.25, 0.3) is 0 Å². The highest BCUT2D eigenvalue weighted by atomic mass is 16.1. The highest BCUT2D eigenvalue weighted by molar-refractivity contribution is 5.75. The van der Waals surface area contributed by atoms with E-state index in [0.717, 1.165) is 38.3 Å². The minimum absolute atomic E-state index is 0.232. The molecule has 0 radical (unpaired) electrons. The lowest BCUT2D eigenvalue weighted by Gasteiger charge is -2.22. The van der Waals surface area contributed by atoms with Crippen molar-refractivity contribution < 1.29 is 4.79 Å². The molecule has 0 spiro atoms. The lowest BCUT2D eigenvalue weighted by Crippen LogP contribution is -2.30. The summed E-state index contributed by atoms with van der Waals surface area (Å²) in [6.45, 7) is 3.81. The first-order chi connectivity index (χ1) is 8.76. The second kappa shape index (κ2) is 9.37. The molecule has 0 saturated heterocycles. The Hall–Kier alpha value is -0.570. The average molecular weight is 254 g/mol. The van der Waals surface area contributed by atoms with Crippen LogP contribution in [0.5, 0.6) is 0 Å². The molecular weight excluding hydrogens is 224 g/mol. The Morgan fingerprint density at radius 1 is 1.28 bits per heavy atom. The van der Waals surface area contributed by atoms with Gasteiger partial charge in [-0.05, 0) is 44.1 Å². The van der Waals surface area contributed by atoms with Crippen LogP contribution in [0.25, 0.3) is 0 Å². The van der Waals surface area contributed by atoms with Gasteiger partial charge in [0.05, 0.1) is 0 Å². The lowest BCUT2D eigenvalue weighted by molar-refractivity contribution is -0.121. The summed E-state index contributed by atoms with van der Waals surface area (Å²) in [6.07, 6.45) is 10.5. The van der Waals surface area contributed by atoms with Gasteiger partial charge in [0.1, 0.15) is 0 Å². The monoisotopic (exact) mass is 254 g/mol. The van der Waals surface area contributed by atoms with E-state index in [0.29, 0.717) is 12.3 Å². The zero-order chi connectivity index (χ0) is 13.2. The summed E-state index contributed by atoms with van der Waals surface area (Å²) in [5.41, 5.74) is 5.57. The Balaban J connectivity index is 2.08. The molecule has 1 unspecified atom stereocenters. The molecule has 0 bridgehead atoms. The van der Waals surface area contributed by atoms with Gasteiger partial charge in [-0.1, -0.05) is 32.6 Å². The smallest absolute Gasteiger partial charge is 0.220 e. The third-order valence-corrected chi connectivity index (χ3v) is 4.24. The molecule has 3 nitrogen and oxygen atoms in total. The Kier molecular flexibility index (Phi) is 8.06. The van der Waals surface area contributed by atoms with E-state index < -0.39 is 0 Å². The molecule has 1 amide bonds. The molecular formula is C15H30N2O. The Morgan fingerprint density at radius 2 is 2.00 bits per heavy atom. The third kappa shape index (κ3) is 6.39. The zero-order valence-electron chi connectivity index (χ0n) is 11.9. The maximum atomic E-state index is 11.8. The van der Waals surface area contributed by atoms with Crippen molar-refractivity contribution in [3.8, 4) is 0 Å². The lowest BCUT2D eigenvalue weighted by atomic mass is 9.89. The molecule has 1 saturated carbocycles. The number of nitrogens with one attached hydrogen (secondary N) is 1. The van der Waals surface area contributed by atoms with Crippen LogP contribution in [-0.4, -0.2) is 19.0 Å². The summed E-state index contributed by atoms with van der Waals surface area (Å²) in [7, 11) is 0. The van der Waals surface area contributed by atoms with Crippen molar-refractivity contribution in [3.05, 3.63) is 0 Å². The summed E-state index contributed by atoms with van der Waals surface area (Å²) in [5.74, 6) is 1.58. The minimum Gasteiger partial charge on any atom is -0.356 e. The molecule has 18 heavy (non-hydrogen) atoms. The molecule has 3 heteroatoms.